The molecule has 2 N–H and O–H groups in total. The zero-order valence-corrected chi connectivity index (χ0v) is 13.4. The summed E-state index contributed by atoms with van der Waals surface area (Å²) in [5.74, 6) is -0.288. The van der Waals surface area contributed by atoms with Crippen molar-refractivity contribution in [2.75, 3.05) is 0 Å². The van der Waals surface area contributed by atoms with Crippen molar-refractivity contribution in [2.45, 2.75) is 6.61 Å². The van der Waals surface area contributed by atoms with Crippen LogP contribution in [0.3, 0.4) is 0 Å². The summed E-state index contributed by atoms with van der Waals surface area (Å²) in [6, 6.07) is 18.6. The van der Waals surface area contributed by atoms with Gasteiger partial charge in [-0.05, 0) is 40.9 Å². The molecule has 7 heteroatoms. The monoisotopic (exact) mass is 356 g/mol. The summed E-state index contributed by atoms with van der Waals surface area (Å²) >= 11 is 8.98. The van der Waals surface area contributed by atoms with Crippen molar-refractivity contribution in [1.29, 1.82) is 0 Å². The summed E-state index contributed by atoms with van der Waals surface area (Å²) in [5, 5.41) is -2.28. The first-order valence-electron chi connectivity index (χ1n) is 6.16. The van der Waals surface area contributed by atoms with Gasteiger partial charge in [0.2, 0.25) is 0 Å². The van der Waals surface area contributed by atoms with Crippen LogP contribution in [0, 0.1) is 0 Å². The van der Waals surface area contributed by atoms with Gasteiger partial charge in [-0.1, -0.05) is 48.5 Å². The molecule has 0 aromatic heterocycles. The quantitative estimate of drug-likeness (QED) is 0.478. The Hall–Kier alpha value is -2.21. The third-order valence-corrected chi connectivity index (χ3v) is 2.82. The van der Waals surface area contributed by atoms with Crippen LogP contribution in [-0.4, -0.2) is 21.9 Å². The smallest absolute Gasteiger partial charge is 0.338 e. The summed E-state index contributed by atoms with van der Waals surface area (Å²) in [6.07, 6.45) is 0. The Morgan fingerprint density at radius 1 is 0.783 bits per heavy atom. The van der Waals surface area contributed by atoms with Crippen LogP contribution in [0.25, 0.3) is 0 Å². The third kappa shape index (κ3) is 8.73. The molecule has 0 spiro atoms. The summed E-state index contributed by atoms with van der Waals surface area (Å²) in [7, 11) is 0. The van der Waals surface area contributed by atoms with Crippen LogP contribution >= 0.6 is 23.2 Å². The Balaban J connectivity index is 0.000000599. The van der Waals surface area contributed by atoms with Crippen LogP contribution in [0.2, 0.25) is 0 Å². The first-order chi connectivity index (χ1) is 10.5. The first-order valence-corrected chi connectivity index (χ1v) is 6.91. The molecule has 0 aliphatic carbocycles. The minimum Gasteiger partial charge on any atom is -0.457 e. The summed E-state index contributed by atoms with van der Waals surface area (Å²) in [6.45, 7) is 0.314. The highest BCUT2D eigenvalue weighted by atomic mass is 35.5. The molecule has 5 nitrogen and oxygen atoms in total. The van der Waals surface area contributed by atoms with E-state index < -0.39 is 10.5 Å². The lowest BCUT2D eigenvalue weighted by Gasteiger charge is -2.04. The molecular weight excluding hydrogens is 343 g/mol. The maximum absolute atomic E-state index is 11.6. The number of hydrogen-bond donors (Lipinski definition) is 0. The molecule has 0 aliphatic rings. The molecule has 0 saturated carbocycles. The van der Waals surface area contributed by atoms with Crippen LogP contribution in [0.1, 0.15) is 15.9 Å². The minimum atomic E-state index is -1.14. The van der Waals surface area contributed by atoms with Crippen molar-refractivity contribution in [3.05, 3.63) is 71.8 Å². The molecule has 122 valence electrons. The standard InChI is InChI=1S/C14H12O2.C2Cl2O2.H2O/c15-14(13-9-5-2-6-10-13)16-11-12-7-3-1-4-8-12;3-1(5)2(4)6;/h1-10H,11H2;;1H2. The number of rotatable bonds is 4. The lowest BCUT2D eigenvalue weighted by atomic mass is 10.2. The van der Waals surface area contributed by atoms with E-state index in [2.05, 4.69) is 23.2 Å². The van der Waals surface area contributed by atoms with E-state index >= 15 is 0 Å². The van der Waals surface area contributed by atoms with Crippen LogP contribution < -0.4 is 0 Å². The first kappa shape index (κ1) is 20.8. The van der Waals surface area contributed by atoms with Crippen molar-refractivity contribution in [3.63, 3.8) is 0 Å². The van der Waals surface area contributed by atoms with Crippen LogP contribution in [-0.2, 0) is 20.9 Å². The number of carbonyl (C=O) groups excluding carboxylic acids is 3. The van der Waals surface area contributed by atoms with E-state index in [4.69, 9.17) is 4.74 Å². The Bertz CT molecular complexity index is 617. The Morgan fingerprint density at radius 2 is 1.22 bits per heavy atom. The molecule has 0 amide bonds. The molecule has 2 rings (SSSR count). The van der Waals surface area contributed by atoms with Crippen LogP contribution in [0.4, 0.5) is 0 Å². The molecule has 0 aliphatic heterocycles. The summed E-state index contributed by atoms with van der Waals surface area (Å²) < 4.78 is 5.18. The average molecular weight is 357 g/mol. The highest BCUT2D eigenvalue weighted by molar-refractivity contribution is 6.97. The number of benzene rings is 2. The third-order valence-electron chi connectivity index (χ3n) is 2.38. The molecule has 0 saturated heterocycles. The van der Waals surface area contributed by atoms with Crippen molar-refractivity contribution < 1.29 is 24.6 Å². The van der Waals surface area contributed by atoms with Gasteiger partial charge in [-0.3, -0.25) is 9.59 Å². The Morgan fingerprint density at radius 3 is 1.65 bits per heavy atom. The largest absolute Gasteiger partial charge is 0.457 e. The van der Waals surface area contributed by atoms with Crippen molar-refractivity contribution in [2.24, 2.45) is 0 Å². The second-order valence-corrected chi connectivity index (χ2v) is 4.66. The van der Waals surface area contributed by atoms with Crippen molar-refractivity contribution >= 4 is 39.7 Å². The van der Waals surface area contributed by atoms with Gasteiger partial charge in [0.05, 0.1) is 5.56 Å². The second kappa shape index (κ2) is 11.4. The van der Waals surface area contributed by atoms with Gasteiger partial charge in [-0.2, -0.15) is 0 Å². The van der Waals surface area contributed by atoms with Gasteiger partial charge < -0.3 is 10.2 Å². The predicted octanol–water partition coefficient (Wildman–Crippen LogP) is 2.74. The molecular formula is C16H14Cl2O5. The van der Waals surface area contributed by atoms with E-state index in [0.717, 1.165) is 5.56 Å². The van der Waals surface area contributed by atoms with Crippen molar-refractivity contribution in [1.82, 2.24) is 0 Å². The highest BCUT2D eigenvalue weighted by Gasteiger charge is 2.05. The molecule has 0 atom stereocenters. The number of esters is 1. The van der Waals surface area contributed by atoms with E-state index in [9.17, 15) is 14.4 Å². The molecule has 0 radical (unpaired) electrons. The van der Waals surface area contributed by atoms with Crippen molar-refractivity contribution in [3.8, 4) is 0 Å². The zero-order valence-electron chi connectivity index (χ0n) is 11.9. The molecule has 0 bridgehead atoms. The highest BCUT2D eigenvalue weighted by Crippen LogP contribution is 2.05. The molecule has 0 heterocycles. The van der Waals surface area contributed by atoms with Gasteiger partial charge >= 0.3 is 16.5 Å². The lowest BCUT2D eigenvalue weighted by molar-refractivity contribution is -0.127. The molecule has 0 fully saturated rings. The van der Waals surface area contributed by atoms with Gasteiger partial charge in [0.15, 0.2) is 0 Å². The fraction of sp³-hybridized carbons (Fsp3) is 0.0625. The van der Waals surface area contributed by atoms with E-state index in [0.29, 0.717) is 12.2 Å². The zero-order chi connectivity index (χ0) is 16.4. The van der Waals surface area contributed by atoms with E-state index in [1.807, 2.05) is 48.5 Å². The Kier molecular flexibility index (Phi) is 10.3. The van der Waals surface area contributed by atoms with Gasteiger partial charge in [0.1, 0.15) is 6.61 Å². The molecule has 2 aromatic rings. The number of ether oxygens (including phenoxy) is 1. The Labute approximate surface area is 143 Å². The van der Waals surface area contributed by atoms with Gasteiger partial charge in [0, 0.05) is 0 Å². The average Bonchev–Trinajstić information content (AvgIpc) is 2.55. The minimum absolute atomic E-state index is 0. The number of hydrogen-bond acceptors (Lipinski definition) is 4. The normalized spacial score (nSPS) is 8.78. The summed E-state index contributed by atoms with van der Waals surface area (Å²) in [5.41, 5.74) is 1.57. The van der Waals surface area contributed by atoms with E-state index in [1.165, 1.54) is 0 Å². The van der Waals surface area contributed by atoms with Gasteiger partial charge in [-0.25, -0.2) is 4.79 Å². The van der Waals surface area contributed by atoms with E-state index in [-0.39, 0.29) is 11.4 Å². The predicted molar refractivity (Wildman–Crippen MR) is 87.3 cm³/mol. The maximum atomic E-state index is 11.6. The topological polar surface area (TPSA) is 91.9 Å². The number of halogens is 2. The van der Waals surface area contributed by atoms with Gasteiger partial charge in [-0.15, -0.1) is 0 Å². The SMILES string of the molecule is O.O=C(Cl)C(=O)Cl.O=C(OCc1ccccc1)c1ccccc1. The molecule has 23 heavy (non-hydrogen) atoms. The fourth-order valence-electron chi connectivity index (χ4n) is 1.38. The van der Waals surface area contributed by atoms with Crippen LogP contribution in [0.15, 0.2) is 60.7 Å². The maximum Gasteiger partial charge on any atom is 0.338 e. The molecule has 2 aromatic carbocycles. The second-order valence-electron chi connectivity index (χ2n) is 3.98. The number of carbonyl (C=O) groups is 3. The van der Waals surface area contributed by atoms with Crippen LogP contribution in [0.5, 0.6) is 0 Å². The van der Waals surface area contributed by atoms with Gasteiger partial charge in [0.25, 0.3) is 0 Å². The fourth-order valence-corrected chi connectivity index (χ4v) is 1.38. The lowest BCUT2D eigenvalue weighted by Crippen LogP contribution is -2.04. The summed E-state index contributed by atoms with van der Waals surface area (Å²) in [4.78, 5) is 30.5. The molecule has 0 unspecified atom stereocenters. The van der Waals surface area contributed by atoms with E-state index in [1.54, 1.807) is 12.1 Å².